The van der Waals surface area contributed by atoms with Gasteiger partial charge in [0.1, 0.15) is 11.5 Å². The SMILES string of the molecule is NCC(O)CCOc1ccc2c(c1)OC(=O)CC2. The topological polar surface area (TPSA) is 81.8 Å². The summed E-state index contributed by atoms with van der Waals surface area (Å²) in [4.78, 5) is 11.2. The predicted octanol–water partition coefficient (Wildman–Crippen LogP) is 0.627. The first kappa shape index (κ1) is 12.9. The van der Waals surface area contributed by atoms with Crippen LogP contribution in [0, 0.1) is 0 Å². The maximum Gasteiger partial charge on any atom is 0.311 e. The molecule has 1 unspecified atom stereocenters. The fourth-order valence-corrected chi connectivity index (χ4v) is 1.77. The van der Waals surface area contributed by atoms with E-state index in [1.54, 1.807) is 6.07 Å². The molecule has 0 spiro atoms. The molecule has 1 aliphatic heterocycles. The number of aryl methyl sites for hydroxylation is 1. The first-order valence-corrected chi connectivity index (χ1v) is 6.03. The average Bonchev–Trinajstić information content (AvgIpc) is 2.38. The van der Waals surface area contributed by atoms with Crippen molar-refractivity contribution in [2.24, 2.45) is 5.73 Å². The van der Waals surface area contributed by atoms with Crippen molar-refractivity contribution in [2.45, 2.75) is 25.4 Å². The molecule has 2 rings (SSSR count). The van der Waals surface area contributed by atoms with E-state index >= 15 is 0 Å². The van der Waals surface area contributed by atoms with Gasteiger partial charge in [0.05, 0.1) is 19.1 Å². The number of aliphatic hydroxyl groups excluding tert-OH is 1. The Labute approximate surface area is 106 Å². The summed E-state index contributed by atoms with van der Waals surface area (Å²) in [7, 11) is 0. The molecule has 1 aromatic carbocycles. The Hall–Kier alpha value is -1.59. The fraction of sp³-hybridized carbons (Fsp3) is 0.462. The Kier molecular flexibility index (Phi) is 4.17. The van der Waals surface area contributed by atoms with Crippen LogP contribution in [0.2, 0.25) is 0 Å². The molecule has 5 nitrogen and oxygen atoms in total. The van der Waals surface area contributed by atoms with E-state index < -0.39 is 6.10 Å². The molecule has 18 heavy (non-hydrogen) atoms. The van der Waals surface area contributed by atoms with Crippen LogP contribution in [0.1, 0.15) is 18.4 Å². The smallest absolute Gasteiger partial charge is 0.311 e. The van der Waals surface area contributed by atoms with Crippen LogP contribution in [0.4, 0.5) is 0 Å². The minimum Gasteiger partial charge on any atom is -0.493 e. The van der Waals surface area contributed by atoms with Crippen molar-refractivity contribution < 1.29 is 19.4 Å². The summed E-state index contributed by atoms with van der Waals surface area (Å²) in [5.74, 6) is 0.994. The van der Waals surface area contributed by atoms with Gasteiger partial charge in [0.25, 0.3) is 0 Å². The molecule has 0 fully saturated rings. The van der Waals surface area contributed by atoms with Crippen molar-refractivity contribution in [3.05, 3.63) is 23.8 Å². The molecule has 5 heteroatoms. The van der Waals surface area contributed by atoms with E-state index in [1.807, 2.05) is 12.1 Å². The lowest BCUT2D eigenvalue weighted by Crippen LogP contribution is -2.22. The van der Waals surface area contributed by atoms with Gasteiger partial charge in [0, 0.05) is 19.0 Å². The lowest BCUT2D eigenvalue weighted by Gasteiger charge is -2.16. The van der Waals surface area contributed by atoms with Crippen LogP contribution in [-0.4, -0.2) is 30.3 Å². The summed E-state index contributed by atoms with van der Waals surface area (Å²) in [6, 6.07) is 5.45. The third-order valence-corrected chi connectivity index (χ3v) is 2.85. The number of rotatable bonds is 5. The highest BCUT2D eigenvalue weighted by Gasteiger charge is 2.17. The maximum atomic E-state index is 11.2. The largest absolute Gasteiger partial charge is 0.493 e. The second kappa shape index (κ2) is 5.84. The molecule has 1 heterocycles. The highest BCUT2D eigenvalue weighted by atomic mass is 16.5. The van der Waals surface area contributed by atoms with E-state index in [9.17, 15) is 9.90 Å². The molecule has 0 saturated heterocycles. The van der Waals surface area contributed by atoms with Gasteiger partial charge in [-0.2, -0.15) is 0 Å². The summed E-state index contributed by atoms with van der Waals surface area (Å²) < 4.78 is 10.6. The van der Waals surface area contributed by atoms with Crippen LogP contribution in [0.5, 0.6) is 11.5 Å². The molecule has 1 aromatic rings. The Balaban J connectivity index is 1.94. The molecule has 0 amide bonds. The standard InChI is InChI=1S/C13H17NO4/c14-8-10(15)5-6-17-11-3-1-9-2-4-13(16)18-12(9)7-11/h1,3,7,10,15H,2,4-6,8,14H2. The molecule has 3 N–H and O–H groups in total. The van der Waals surface area contributed by atoms with Gasteiger partial charge in [-0.3, -0.25) is 4.79 Å². The van der Waals surface area contributed by atoms with E-state index in [0.717, 1.165) is 5.56 Å². The van der Waals surface area contributed by atoms with Gasteiger partial charge < -0.3 is 20.3 Å². The van der Waals surface area contributed by atoms with Crippen molar-refractivity contribution in [3.8, 4) is 11.5 Å². The molecule has 1 aliphatic rings. The van der Waals surface area contributed by atoms with Crippen LogP contribution < -0.4 is 15.2 Å². The zero-order valence-corrected chi connectivity index (χ0v) is 10.1. The van der Waals surface area contributed by atoms with E-state index in [-0.39, 0.29) is 12.5 Å². The highest BCUT2D eigenvalue weighted by molar-refractivity contribution is 5.75. The van der Waals surface area contributed by atoms with E-state index in [1.165, 1.54) is 0 Å². The number of carbonyl (C=O) groups is 1. The zero-order chi connectivity index (χ0) is 13.0. The number of carbonyl (C=O) groups excluding carboxylic acids is 1. The summed E-state index contributed by atoms with van der Waals surface area (Å²) in [6.45, 7) is 0.607. The fourth-order valence-electron chi connectivity index (χ4n) is 1.77. The zero-order valence-electron chi connectivity index (χ0n) is 10.1. The Morgan fingerprint density at radius 2 is 2.28 bits per heavy atom. The molecular weight excluding hydrogens is 234 g/mol. The number of benzene rings is 1. The number of nitrogens with two attached hydrogens (primary N) is 1. The third kappa shape index (κ3) is 3.21. The van der Waals surface area contributed by atoms with Gasteiger partial charge in [-0.25, -0.2) is 0 Å². The Morgan fingerprint density at radius 3 is 3.06 bits per heavy atom. The molecule has 0 aromatic heterocycles. The lowest BCUT2D eigenvalue weighted by atomic mass is 10.1. The molecule has 0 bridgehead atoms. The monoisotopic (exact) mass is 251 g/mol. The van der Waals surface area contributed by atoms with Gasteiger partial charge in [-0.05, 0) is 18.1 Å². The number of fused-ring (bicyclic) bond motifs is 1. The molecule has 0 aliphatic carbocycles. The number of esters is 1. The maximum absolute atomic E-state index is 11.2. The Morgan fingerprint density at radius 1 is 1.44 bits per heavy atom. The first-order chi connectivity index (χ1) is 8.69. The minimum absolute atomic E-state index is 0.210. The van der Waals surface area contributed by atoms with Gasteiger partial charge in [0.15, 0.2) is 0 Å². The van der Waals surface area contributed by atoms with Crippen LogP contribution in [-0.2, 0) is 11.2 Å². The van der Waals surface area contributed by atoms with Crippen molar-refractivity contribution >= 4 is 5.97 Å². The second-order valence-corrected chi connectivity index (χ2v) is 4.27. The van der Waals surface area contributed by atoms with Gasteiger partial charge in [-0.15, -0.1) is 0 Å². The molecule has 98 valence electrons. The van der Waals surface area contributed by atoms with Crippen LogP contribution in [0.25, 0.3) is 0 Å². The highest BCUT2D eigenvalue weighted by Crippen LogP contribution is 2.29. The number of aliphatic hydroxyl groups is 1. The van der Waals surface area contributed by atoms with Gasteiger partial charge in [-0.1, -0.05) is 6.07 Å². The summed E-state index contributed by atoms with van der Waals surface area (Å²) in [6.07, 6.45) is 1.07. The summed E-state index contributed by atoms with van der Waals surface area (Å²) in [5.41, 5.74) is 6.31. The molecule has 0 radical (unpaired) electrons. The normalized spacial score (nSPS) is 15.8. The predicted molar refractivity (Wildman–Crippen MR) is 65.6 cm³/mol. The van der Waals surface area contributed by atoms with Crippen molar-refractivity contribution in [2.75, 3.05) is 13.2 Å². The van der Waals surface area contributed by atoms with Crippen molar-refractivity contribution in [1.82, 2.24) is 0 Å². The number of ether oxygens (including phenoxy) is 2. The Bertz CT molecular complexity index is 433. The van der Waals surface area contributed by atoms with Crippen LogP contribution in [0.3, 0.4) is 0 Å². The number of hydrogen-bond acceptors (Lipinski definition) is 5. The summed E-state index contributed by atoms with van der Waals surface area (Å²) in [5, 5.41) is 9.29. The van der Waals surface area contributed by atoms with Crippen molar-refractivity contribution in [1.29, 1.82) is 0 Å². The van der Waals surface area contributed by atoms with E-state index in [0.29, 0.717) is 37.4 Å². The van der Waals surface area contributed by atoms with E-state index in [2.05, 4.69) is 0 Å². The van der Waals surface area contributed by atoms with E-state index in [4.69, 9.17) is 15.2 Å². The third-order valence-electron chi connectivity index (χ3n) is 2.85. The van der Waals surface area contributed by atoms with Gasteiger partial charge in [0.2, 0.25) is 0 Å². The number of hydrogen-bond donors (Lipinski definition) is 2. The summed E-state index contributed by atoms with van der Waals surface area (Å²) >= 11 is 0. The first-order valence-electron chi connectivity index (χ1n) is 6.03. The molecular formula is C13H17NO4. The second-order valence-electron chi connectivity index (χ2n) is 4.27. The minimum atomic E-state index is -0.541. The van der Waals surface area contributed by atoms with Gasteiger partial charge >= 0.3 is 5.97 Å². The quantitative estimate of drug-likeness (QED) is 0.592. The molecule has 0 saturated carbocycles. The molecule has 1 atom stereocenters. The average molecular weight is 251 g/mol. The van der Waals surface area contributed by atoms with Crippen molar-refractivity contribution in [3.63, 3.8) is 0 Å². The lowest BCUT2D eigenvalue weighted by molar-refractivity contribution is -0.135. The van der Waals surface area contributed by atoms with Crippen LogP contribution >= 0.6 is 0 Å². The van der Waals surface area contributed by atoms with Crippen LogP contribution in [0.15, 0.2) is 18.2 Å².